The number of carboxylic acid groups (broad SMARTS) is 2. The average Bonchev–Trinajstić information content (AvgIpc) is 2.94. The number of phosphoric acid groups is 1. The Kier molecular flexibility index (Phi) is 23.2. The molecule has 0 saturated carbocycles. The predicted molar refractivity (Wildman–Crippen MR) is 185 cm³/mol. The van der Waals surface area contributed by atoms with Crippen LogP contribution in [-0.4, -0.2) is 47.5 Å². The van der Waals surface area contributed by atoms with Crippen molar-refractivity contribution in [2.24, 2.45) is 17.8 Å². The SMILES string of the molecule is CCC(=O)O.CCC(=O)O.Cc1c(C)c2c(c(C)c1O)CC[C@@](C)(CCCC(C)CCCC(C)CCCC(C)C)O2.O=P(O)(O)O. The normalized spacial score (nSPS) is 16.7. The van der Waals surface area contributed by atoms with Crippen LogP contribution in [0.4, 0.5) is 0 Å². The molecule has 1 aliphatic rings. The summed E-state index contributed by atoms with van der Waals surface area (Å²) in [5.74, 6) is 2.54. The Bertz CT molecular complexity index is 1060. The Labute approximate surface area is 278 Å². The zero-order valence-corrected chi connectivity index (χ0v) is 31.1. The van der Waals surface area contributed by atoms with Crippen LogP contribution in [0, 0.1) is 38.5 Å². The summed E-state index contributed by atoms with van der Waals surface area (Å²) >= 11 is 0. The van der Waals surface area contributed by atoms with Crippen LogP contribution in [0.3, 0.4) is 0 Å². The van der Waals surface area contributed by atoms with E-state index < -0.39 is 19.8 Å². The van der Waals surface area contributed by atoms with Crippen LogP contribution in [0.2, 0.25) is 0 Å². The van der Waals surface area contributed by atoms with Crippen LogP contribution in [-0.2, 0) is 20.6 Å². The highest BCUT2D eigenvalue weighted by Crippen LogP contribution is 2.44. The van der Waals surface area contributed by atoms with E-state index in [1.165, 1.54) is 56.9 Å². The molecule has 0 spiro atoms. The third-order valence-corrected chi connectivity index (χ3v) is 8.47. The zero-order chi connectivity index (χ0) is 36.3. The lowest BCUT2D eigenvalue weighted by atomic mass is 9.84. The van der Waals surface area contributed by atoms with E-state index in [0.29, 0.717) is 5.75 Å². The number of carbonyl (C=O) groups is 2. The topological polar surface area (TPSA) is 182 Å². The van der Waals surface area contributed by atoms with Crippen molar-refractivity contribution in [2.45, 2.75) is 158 Å². The molecule has 0 amide bonds. The molecule has 0 radical (unpaired) electrons. The molecule has 6 N–H and O–H groups in total. The molecule has 11 heteroatoms. The molecule has 10 nitrogen and oxygen atoms in total. The van der Waals surface area contributed by atoms with Crippen LogP contribution in [0.25, 0.3) is 0 Å². The van der Waals surface area contributed by atoms with Crippen molar-refractivity contribution in [3.05, 3.63) is 22.3 Å². The van der Waals surface area contributed by atoms with Crippen molar-refractivity contribution in [1.82, 2.24) is 0 Å². The Morgan fingerprint density at radius 2 is 1.17 bits per heavy atom. The van der Waals surface area contributed by atoms with Gasteiger partial charge >= 0.3 is 19.8 Å². The second-order valence-corrected chi connectivity index (χ2v) is 14.5. The summed E-state index contributed by atoms with van der Waals surface area (Å²) in [6, 6.07) is 0. The van der Waals surface area contributed by atoms with Gasteiger partial charge in [0.05, 0.1) is 0 Å². The van der Waals surface area contributed by atoms with E-state index in [2.05, 4.69) is 41.5 Å². The summed E-state index contributed by atoms with van der Waals surface area (Å²) in [6.45, 7) is 21.1. The smallest absolute Gasteiger partial charge is 0.466 e. The van der Waals surface area contributed by atoms with Crippen LogP contribution in [0.15, 0.2) is 0 Å². The third-order valence-electron chi connectivity index (χ3n) is 8.47. The number of rotatable bonds is 14. The summed E-state index contributed by atoms with van der Waals surface area (Å²) in [6.07, 6.45) is 14.5. The molecule has 2 unspecified atom stereocenters. The van der Waals surface area contributed by atoms with E-state index >= 15 is 0 Å². The Hall–Kier alpha value is -2.13. The van der Waals surface area contributed by atoms with Gasteiger partial charge in [-0.25, -0.2) is 4.57 Å². The fraction of sp³-hybridized carbons (Fsp3) is 0.771. The predicted octanol–water partition coefficient (Wildman–Crippen LogP) is 8.87. The van der Waals surface area contributed by atoms with Gasteiger partial charge < -0.3 is 34.7 Å². The first kappa shape index (κ1) is 46.0. The first-order valence-electron chi connectivity index (χ1n) is 16.8. The maximum Gasteiger partial charge on any atom is 0.466 e. The first-order valence-corrected chi connectivity index (χ1v) is 18.4. The number of ether oxygens (including phenoxy) is 1. The zero-order valence-electron chi connectivity index (χ0n) is 30.2. The summed E-state index contributed by atoms with van der Waals surface area (Å²) in [7, 11) is -4.64. The molecule has 46 heavy (non-hydrogen) atoms. The van der Waals surface area contributed by atoms with Crippen LogP contribution < -0.4 is 4.74 Å². The highest BCUT2D eigenvalue weighted by molar-refractivity contribution is 7.45. The van der Waals surface area contributed by atoms with E-state index in [0.717, 1.165) is 59.5 Å². The monoisotopic (exact) mass is 676 g/mol. The third kappa shape index (κ3) is 22.4. The molecular weight excluding hydrogens is 611 g/mol. The molecule has 0 bridgehead atoms. The number of hydrogen-bond donors (Lipinski definition) is 6. The fourth-order valence-electron chi connectivity index (χ4n) is 5.27. The van der Waals surface area contributed by atoms with Crippen LogP contribution in [0.1, 0.15) is 148 Å². The van der Waals surface area contributed by atoms with Crippen molar-refractivity contribution >= 4 is 19.8 Å². The summed E-state index contributed by atoms with van der Waals surface area (Å²) in [4.78, 5) is 40.3. The van der Waals surface area contributed by atoms with Gasteiger partial charge in [0.25, 0.3) is 0 Å². The fourth-order valence-corrected chi connectivity index (χ4v) is 5.27. The van der Waals surface area contributed by atoms with Crippen molar-refractivity contribution in [3.8, 4) is 11.5 Å². The van der Waals surface area contributed by atoms with E-state index in [9.17, 15) is 14.7 Å². The summed E-state index contributed by atoms with van der Waals surface area (Å²) < 4.78 is 15.5. The summed E-state index contributed by atoms with van der Waals surface area (Å²) in [5.41, 5.74) is 4.23. The van der Waals surface area contributed by atoms with E-state index in [1.54, 1.807) is 13.8 Å². The average molecular weight is 677 g/mol. The first-order chi connectivity index (χ1) is 21.1. The van der Waals surface area contributed by atoms with Crippen molar-refractivity contribution in [3.63, 3.8) is 0 Å². The minimum atomic E-state index is -4.64. The van der Waals surface area contributed by atoms with Gasteiger partial charge in [-0.3, -0.25) is 9.59 Å². The van der Waals surface area contributed by atoms with Gasteiger partial charge in [0.15, 0.2) is 0 Å². The number of carboxylic acids is 2. The molecular formula is C35H65O10P. The molecule has 0 aliphatic carbocycles. The van der Waals surface area contributed by atoms with Gasteiger partial charge in [-0.2, -0.15) is 0 Å². The number of phenolic OH excluding ortho intramolecular Hbond substituents is 1. The van der Waals surface area contributed by atoms with E-state index in [1.807, 2.05) is 13.8 Å². The van der Waals surface area contributed by atoms with Crippen molar-refractivity contribution in [1.29, 1.82) is 0 Å². The number of fused-ring (bicyclic) bond motifs is 1. The number of phenols is 1. The van der Waals surface area contributed by atoms with Crippen molar-refractivity contribution in [2.75, 3.05) is 0 Å². The van der Waals surface area contributed by atoms with Gasteiger partial charge in [-0.15, -0.1) is 0 Å². The molecule has 1 aliphatic heterocycles. The number of aromatic hydroxyl groups is 1. The van der Waals surface area contributed by atoms with Gasteiger partial charge in [0.1, 0.15) is 17.1 Å². The Morgan fingerprint density at radius 1 is 0.783 bits per heavy atom. The minimum Gasteiger partial charge on any atom is -0.507 e. The molecule has 0 saturated heterocycles. The number of benzene rings is 1. The molecule has 2 rings (SSSR count). The maximum atomic E-state index is 10.4. The van der Waals surface area contributed by atoms with Crippen LogP contribution in [0.5, 0.6) is 11.5 Å². The molecule has 1 aromatic carbocycles. The Morgan fingerprint density at radius 3 is 1.57 bits per heavy atom. The van der Waals surface area contributed by atoms with E-state index in [4.69, 9.17) is 34.2 Å². The maximum absolute atomic E-state index is 10.4. The second-order valence-electron chi connectivity index (χ2n) is 13.4. The van der Waals surface area contributed by atoms with Crippen LogP contribution >= 0.6 is 7.82 Å². The minimum absolute atomic E-state index is 0.0712. The van der Waals surface area contributed by atoms with E-state index in [-0.39, 0.29) is 18.4 Å². The second kappa shape index (κ2) is 23.2. The number of aliphatic carboxylic acids is 2. The molecule has 0 aromatic heterocycles. The molecule has 0 fully saturated rings. The molecule has 1 heterocycles. The lowest BCUT2D eigenvalue weighted by molar-refractivity contribution is -0.137. The quantitative estimate of drug-likeness (QED) is 0.104. The lowest BCUT2D eigenvalue weighted by Crippen LogP contribution is -2.37. The van der Waals surface area contributed by atoms with Gasteiger partial charge in [-0.1, -0.05) is 86.5 Å². The molecule has 3 atom stereocenters. The molecule has 1 aromatic rings. The standard InChI is InChI=1S/C29H50O2.2C3H6O2.H3O4P/c1-20(2)12-9-13-21(3)14-10-15-22(4)16-11-18-29(8)19-17-26-25(7)27(30)23(5)24(6)28(26)31-29;2*1-2-3(4)5;1-5(2,3)4/h20-22,30H,9-19H2,1-8H3;2*2H2,1H3,(H,4,5);(H3,1,2,3,4)/t21?,22?,29-;;;/m1.../s1. The van der Waals surface area contributed by atoms with Gasteiger partial charge in [0.2, 0.25) is 0 Å². The molecule has 270 valence electrons. The Balaban J connectivity index is 0. The highest BCUT2D eigenvalue weighted by Gasteiger charge is 2.34. The van der Waals surface area contributed by atoms with Gasteiger partial charge in [-0.05, 0) is 87.8 Å². The lowest BCUT2D eigenvalue weighted by Gasteiger charge is -2.38. The largest absolute Gasteiger partial charge is 0.507 e. The summed E-state index contributed by atoms with van der Waals surface area (Å²) in [5, 5.41) is 25.8. The van der Waals surface area contributed by atoms with Crippen molar-refractivity contribution < 1.29 is 48.9 Å². The highest BCUT2D eigenvalue weighted by atomic mass is 31.2. The van der Waals surface area contributed by atoms with Gasteiger partial charge in [0, 0.05) is 18.4 Å². The number of hydrogen-bond acceptors (Lipinski definition) is 5.